The summed E-state index contributed by atoms with van der Waals surface area (Å²) in [5.74, 6) is -0.0644. The first kappa shape index (κ1) is 17.5. The molecule has 7 heteroatoms. The molecule has 1 atom stereocenters. The van der Waals surface area contributed by atoms with Crippen LogP contribution in [0.3, 0.4) is 0 Å². The van der Waals surface area contributed by atoms with E-state index in [0.717, 1.165) is 11.3 Å². The maximum Gasteiger partial charge on any atom is 0.237 e. The van der Waals surface area contributed by atoms with E-state index in [-0.39, 0.29) is 16.7 Å². The highest BCUT2D eigenvalue weighted by atomic mass is 32.2. The number of thioether (sulfide) groups is 1. The lowest BCUT2D eigenvalue weighted by Crippen LogP contribution is -2.27. The quantitative estimate of drug-likeness (QED) is 0.870. The summed E-state index contributed by atoms with van der Waals surface area (Å²) >= 11 is 1.35. The van der Waals surface area contributed by atoms with Crippen molar-refractivity contribution in [3.8, 4) is 0 Å². The van der Waals surface area contributed by atoms with E-state index in [9.17, 15) is 4.79 Å². The topological polar surface area (TPSA) is 72.7 Å². The van der Waals surface area contributed by atoms with Crippen molar-refractivity contribution < 1.29 is 4.79 Å². The van der Waals surface area contributed by atoms with E-state index >= 15 is 0 Å². The molecule has 0 saturated carbocycles. The summed E-state index contributed by atoms with van der Waals surface area (Å²) in [6.07, 6.45) is 0. The highest BCUT2D eigenvalue weighted by Crippen LogP contribution is 2.26. The molecule has 6 nitrogen and oxygen atoms in total. The van der Waals surface area contributed by atoms with Crippen LogP contribution >= 0.6 is 11.8 Å². The van der Waals surface area contributed by atoms with Crippen molar-refractivity contribution in [3.63, 3.8) is 0 Å². The third kappa shape index (κ3) is 4.31. The Morgan fingerprint density at radius 2 is 2.00 bits per heavy atom. The molecule has 2 aromatic rings. The minimum atomic E-state index is -0.303. The van der Waals surface area contributed by atoms with Crippen molar-refractivity contribution in [2.24, 2.45) is 0 Å². The van der Waals surface area contributed by atoms with Crippen molar-refractivity contribution in [2.45, 2.75) is 57.5 Å². The zero-order valence-corrected chi connectivity index (χ0v) is 15.2. The number of amides is 1. The van der Waals surface area contributed by atoms with Crippen molar-refractivity contribution in [2.75, 3.05) is 5.32 Å². The Morgan fingerprint density at radius 1 is 1.30 bits per heavy atom. The van der Waals surface area contributed by atoms with Gasteiger partial charge in [0.1, 0.15) is 0 Å². The number of aryl methyl sites for hydroxylation is 2. The molecule has 1 N–H and O–H groups in total. The Labute approximate surface area is 141 Å². The van der Waals surface area contributed by atoms with Crippen molar-refractivity contribution in [1.82, 2.24) is 20.2 Å². The molecule has 1 aromatic carbocycles. The highest BCUT2D eigenvalue weighted by molar-refractivity contribution is 8.00. The maximum absolute atomic E-state index is 12.4. The number of carbonyl (C=O) groups is 1. The van der Waals surface area contributed by atoms with Crippen LogP contribution in [0.1, 0.15) is 38.8 Å². The number of nitrogens with one attached hydrogen (secondary N) is 1. The van der Waals surface area contributed by atoms with Gasteiger partial charge in [0.05, 0.1) is 10.8 Å². The van der Waals surface area contributed by atoms with Gasteiger partial charge in [0.25, 0.3) is 0 Å². The van der Waals surface area contributed by atoms with Gasteiger partial charge in [0, 0.05) is 5.69 Å². The van der Waals surface area contributed by atoms with E-state index in [1.807, 2.05) is 59.7 Å². The van der Waals surface area contributed by atoms with Crippen LogP contribution in [0, 0.1) is 13.8 Å². The van der Waals surface area contributed by atoms with Crippen LogP contribution < -0.4 is 5.32 Å². The Balaban J connectivity index is 2.08. The maximum atomic E-state index is 12.4. The lowest BCUT2D eigenvalue weighted by molar-refractivity contribution is -0.115. The van der Waals surface area contributed by atoms with E-state index in [0.29, 0.717) is 5.16 Å². The van der Waals surface area contributed by atoms with E-state index in [4.69, 9.17) is 0 Å². The second kappa shape index (κ2) is 6.70. The van der Waals surface area contributed by atoms with E-state index in [1.54, 1.807) is 4.68 Å². The standard InChI is InChI=1S/C16H23N5OS/c1-10-7-8-13(11(2)9-10)17-14(22)12(3)23-15-18-19-20-21(15)16(4,5)6/h7-9,12H,1-6H3,(H,17,22). The summed E-state index contributed by atoms with van der Waals surface area (Å²) in [7, 11) is 0. The average molecular weight is 333 g/mol. The molecule has 1 aromatic heterocycles. The molecule has 1 unspecified atom stereocenters. The fraction of sp³-hybridized carbons (Fsp3) is 0.500. The molecule has 1 amide bonds. The van der Waals surface area contributed by atoms with Crippen LogP contribution in [0.2, 0.25) is 0 Å². The Bertz CT molecular complexity index is 705. The van der Waals surface area contributed by atoms with Crippen molar-refractivity contribution in [1.29, 1.82) is 0 Å². The first-order valence-electron chi connectivity index (χ1n) is 7.52. The smallest absolute Gasteiger partial charge is 0.237 e. The number of anilines is 1. The lowest BCUT2D eigenvalue weighted by Gasteiger charge is -2.20. The SMILES string of the molecule is Cc1ccc(NC(=O)C(C)Sc2nnnn2C(C)(C)C)c(C)c1. The van der Waals surface area contributed by atoms with Gasteiger partial charge >= 0.3 is 0 Å². The number of benzene rings is 1. The number of rotatable bonds is 4. The minimum absolute atomic E-state index is 0.0644. The molecule has 0 bridgehead atoms. The molecular formula is C16H23N5OS. The van der Waals surface area contributed by atoms with Gasteiger partial charge in [0.2, 0.25) is 11.1 Å². The van der Waals surface area contributed by atoms with Gasteiger partial charge in [-0.15, -0.1) is 5.10 Å². The number of aromatic nitrogens is 4. The Morgan fingerprint density at radius 3 is 2.61 bits per heavy atom. The van der Waals surface area contributed by atoms with Crippen LogP contribution in [0.15, 0.2) is 23.4 Å². The fourth-order valence-corrected chi connectivity index (χ4v) is 3.05. The third-order valence-electron chi connectivity index (χ3n) is 3.37. The van der Waals surface area contributed by atoms with Crippen LogP contribution in [-0.4, -0.2) is 31.4 Å². The Hall–Kier alpha value is -1.89. The van der Waals surface area contributed by atoms with E-state index in [1.165, 1.54) is 17.3 Å². The van der Waals surface area contributed by atoms with Gasteiger partial charge < -0.3 is 5.32 Å². The lowest BCUT2D eigenvalue weighted by atomic mass is 10.1. The van der Waals surface area contributed by atoms with Crippen molar-refractivity contribution >= 4 is 23.4 Å². The molecule has 0 fully saturated rings. The summed E-state index contributed by atoms with van der Waals surface area (Å²) in [5, 5.41) is 15.1. The van der Waals surface area contributed by atoms with Gasteiger partial charge in [-0.1, -0.05) is 29.5 Å². The second-order valence-corrected chi connectivity index (χ2v) is 7.92. The van der Waals surface area contributed by atoms with Crippen LogP contribution in [0.25, 0.3) is 0 Å². The molecule has 2 rings (SSSR count). The number of tetrazole rings is 1. The van der Waals surface area contributed by atoms with Gasteiger partial charge in [-0.25, -0.2) is 4.68 Å². The zero-order valence-electron chi connectivity index (χ0n) is 14.4. The van der Waals surface area contributed by atoms with Crippen LogP contribution in [0.5, 0.6) is 0 Å². The van der Waals surface area contributed by atoms with Crippen LogP contribution in [-0.2, 0) is 10.3 Å². The molecule has 0 spiro atoms. The first-order chi connectivity index (χ1) is 10.7. The fourth-order valence-electron chi connectivity index (χ4n) is 2.07. The Kier molecular flexibility index (Phi) is 5.09. The summed E-state index contributed by atoms with van der Waals surface area (Å²) in [6, 6.07) is 5.97. The minimum Gasteiger partial charge on any atom is -0.325 e. The number of carbonyl (C=O) groups excluding carboxylic acids is 1. The second-order valence-electron chi connectivity index (χ2n) is 6.61. The molecule has 0 aliphatic heterocycles. The number of nitrogens with zero attached hydrogens (tertiary/aromatic N) is 4. The van der Waals surface area contributed by atoms with Crippen molar-refractivity contribution in [3.05, 3.63) is 29.3 Å². The summed E-state index contributed by atoms with van der Waals surface area (Å²) in [6.45, 7) is 11.9. The third-order valence-corrected chi connectivity index (χ3v) is 4.40. The molecule has 0 saturated heterocycles. The monoisotopic (exact) mass is 333 g/mol. The predicted octanol–water partition coefficient (Wildman–Crippen LogP) is 3.16. The van der Waals surface area contributed by atoms with Gasteiger partial charge in [-0.05, 0) is 63.6 Å². The molecule has 124 valence electrons. The molecule has 1 heterocycles. The molecule has 0 radical (unpaired) electrons. The number of hydrogen-bond donors (Lipinski definition) is 1. The molecule has 0 aliphatic carbocycles. The number of hydrogen-bond acceptors (Lipinski definition) is 5. The van der Waals surface area contributed by atoms with Gasteiger partial charge in [-0.2, -0.15) is 0 Å². The highest BCUT2D eigenvalue weighted by Gasteiger charge is 2.24. The largest absolute Gasteiger partial charge is 0.325 e. The summed E-state index contributed by atoms with van der Waals surface area (Å²) in [5.41, 5.74) is 2.83. The normalized spacial score (nSPS) is 13.0. The first-order valence-corrected chi connectivity index (χ1v) is 8.40. The summed E-state index contributed by atoms with van der Waals surface area (Å²) in [4.78, 5) is 12.4. The van der Waals surface area contributed by atoms with E-state index < -0.39 is 0 Å². The average Bonchev–Trinajstić information content (AvgIpc) is 2.90. The molecule has 23 heavy (non-hydrogen) atoms. The van der Waals surface area contributed by atoms with Gasteiger partial charge in [-0.3, -0.25) is 4.79 Å². The molecular weight excluding hydrogens is 310 g/mol. The predicted molar refractivity (Wildman–Crippen MR) is 92.7 cm³/mol. The van der Waals surface area contributed by atoms with E-state index in [2.05, 4.69) is 20.8 Å². The van der Waals surface area contributed by atoms with Crippen LogP contribution in [0.4, 0.5) is 5.69 Å². The molecule has 0 aliphatic rings. The summed E-state index contributed by atoms with van der Waals surface area (Å²) < 4.78 is 1.73. The zero-order chi connectivity index (χ0) is 17.2. The van der Waals surface area contributed by atoms with Gasteiger partial charge in [0.15, 0.2) is 0 Å².